The van der Waals surface area contributed by atoms with Crippen LogP contribution < -0.4 is 10.5 Å². The Hall–Kier alpha value is -2.60. The molecule has 1 atom stereocenters. The summed E-state index contributed by atoms with van der Waals surface area (Å²) in [6, 6.07) is 16.8. The number of hydrogen-bond donors (Lipinski definition) is 0. The quantitative estimate of drug-likeness (QED) is 0.512. The molecule has 26 heavy (non-hydrogen) atoms. The maximum Gasteiger partial charge on any atom is 0.261 e. The number of benzene rings is 2. The minimum absolute atomic E-state index is 0.00823. The number of nitrogens with zero attached hydrogens (tertiary/aromatic N) is 3. The van der Waals surface area contributed by atoms with Crippen LogP contribution >= 0.6 is 11.8 Å². The van der Waals surface area contributed by atoms with Crippen molar-refractivity contribution in [1.82, 2.24) is 9.55 Å². The molecule has 134 valence electrons. The van der Waals surface area contributed by atoms with Gasteiger partial charge in [-0.15, -0.1) is 0 Å². The van der Waals surface area contributed by atoms with Gasteiger partial charge < -0.3 is 4.90 Å². The molecule has 1 amide bonds. The molecule has 0 fully saturated rings. The van der Waals surface area contributed by atoms with Gasteiger partial charge in [0.2, 0.25) is 5.91 Å². The van der Waals surface area contributed by atoms with E-state index in [0.717, 1.165) is 5.69 Å². The van der Waals surface area contributed by atoms with Crippen molar-refractivity contribution in [3.63, 3.8) is 0 Å². The van der Waals surface area contributed by atoms with Crippen molar-refractivity contribution in [2.45, 2.75) is 24.3 Å². The number of carbonyl (C=O) groups excluding carboxylic acids is 1. The third kappa shape index (κ3) is 3.51. The Morgan fingerprint density at radius 3 is 2.50 bits per heavy atom. The van der Waals surface area contributed by atoms with Gasteiger partial charge in [-0.2, -0.15) is 0 Å². The first kappa shape index (κ1) is 18.2. The predicted octanol–water partition coefficient (Wildman–Crippen LogP) is 3.47. The number of thioether (sulfide) groups is 1. The number of carbonyl (C=O) groups is 1. The fraction of sp³-hybridized carbons (Fsp3) is 0.250. The van der Waals surface area contributed by atoms with Crippen LogP contribution in [0.25, 0.3) is 10.9 Å². The molecule has 1 heterocycles. The number of rotatable bonds is 5. The maximum absolute atomic E-state index is 12.9. The number of anilines is 1. The van der Waals surface area contributed by atoms with E-state index in [-0.39, 0.29) is 16.7 Å². The molecular formula is C20H21N3O2S. The maximum atomic E-state index is 12.9. The molecule has 0 saturated carbocycles. The minimum Gasteiger partial charge on any atom is -0.312 e. The summed E-state index contributed by atoms with van der Waals surface area (Å²) < 4.78 is 1.51. The molecule has 0 aliphatic carbocycles. The zero-order valence-corrected chi connectivity index (χ0v) is 15.9. The van der Waals surface area contributed by atoms with E-state index < -0.39 is 0 Å². The Morgan fingerprint density at radius 2 is 1.81 bits per heavy atom. The van der Waals surface area contributed by atoms with Gasteiger partial charge in [0, 0.05) is 19.3 Å². The van der Waals surface area contributed by atoms with Gasteiger partial charge in [-0.25, -0.2) is 4.98 Å². The van der Waals surface area contributed by atoms with E-state index in [1.807, 2.05) is 62.4 Å². The van der Waals surface area contributed by atoms with E-state index in [9.17, 15) is 9.59 Å². The molecule has 0 radical (unpaired) electrons. The molecule has 6 heteroatoms. The van der Waals surface area contributed by atoms with Crippen molar-refractivity contribution < 1.29 is 4.79 Å². The van der Waals surface area contributed by atoms with Gasteiger partial charge in [-0.1, -0.05) is 42.1 Å². The fourth-order valence-corrected chi connectivity index (χ4v) is 3.74. The molecular weight excluding hydrogens is 346 g/mol. The predicted molar refractivity (Wildman–Crippen MR) is 107 cm³/mol. The topological polar surface area (TPSA) is 55.2 Å². The van der Waals surface area contributed by atoms with Crippen molar-refractivity contribution in [3.05, 3.63) is 65.0 Å². The normalized spacial score (nSPS) is 12.1. The molecule has 3 aromatic rings. The van der Waals surface area contributed by atoms with Crippen LogP contribution in [0.1, 0.15) is 13.8 Å². The van der Waals surface area contributed by atoms with Crippen LogP contribution in [0.2, 0.25) is 0 Å². The van der Waals surface area contributed by atoms with Gasteiger partial charge in [0.05, 0.1) is 16.2 Å². The lowest BCUT2D eigenvalue weighted by molar-refractivity contribution is -0.117. The van der Waals surface area contributed by atoms with Crippen molar-refractivity contribution in [2.75, 3.05) is 11.4 Å². The Balaban J connectivity index is 1.89. The Labute approximate surface area is 156 Å². The highest BCUT2D eigenvalue weighted by atomic mass is 32.2. The number of para-hydroxylation sites is 2. The molecule has 0 saturated heterocycles. The van der Waals surface area contributed by atoms with Crippen molar-refractivity contribution in [3.8, 4) is 0 Å². The second-order valence-electron chi connectivity index (χ2n) is 5.95. The second-order valence-corrected chi connectivity index (χ2v) is 7.26. The summed E-state index contributed by atoms with van der Waals surface area (Å²) in [6.45, 7) is 4.38. The third-order valence-electron chi connectivity index (χ3n) is 4.22. The first-order valence-corrected chi connectivity index (χ1v) is 9.39. The molecule has 0 N–H and O–H groups in total. The van der Waals surface area contributed by atoms with E-state index in [0.29, 0.717) is 22.6 Å². The smallest absolute Gasteiger partial charge is 0.261 e. The van der Waals surface area contributed by atoms with Gasteiger partial charge in [-0.3, -0.25) is 14.2 Å². The third-order valence-corrected chi connectivity index (χ3v) is 5.35. The van der Waals surface area contributed by atoms with Gasteiger partial charge in [-0.05, 0) is 38.1 Å². The van der Waals surface area contributed by atoms with Crippen LogP contribution in [0.15, 0.2) is 64.5 Å². The second kappa shape index (κ2) is 7.74. The summed E-state index contributed by atoms with van der Waals surface area (Å²) in [5.41, 5.74) is 1.41. The molecule has 0 bridgehead atoms. The summed E-state index contributed by atoms with van der Waals surface area (Å²) in [6.07, 6.45) is 0. The number of fused-ring (bicyclic) bond motifs is 1. The molecule has 0 aliphatic heterocycles. The molecule has 3 rings (SSSR count). The van der Waals surface area contributed by atoms with Crippen LogP contribution in [0.3, 0.4) is 0 Å². The highest BCUT2D eigenvalue weighted by molar-refractivity contribution is 8.00. The van der Waals surface area contributed by atoms with Crippen molar-refractivity contribution in [2.24, 2.45) is 7.05 Å². The lowest BCUT2D eigenvalue weighted by Gasteiger charge is -2.24. The minimum atomic E-state index is -0.366. The molecule has 2 aromatic carbocycles. The Kier molecular flexibility index (Phi) is 5.42. The van der Waals surface area contributed by atoms with E-state index >= 15 is 0 Å². The van der Waals surface area contributed by atoms with E-state index in [4.69, 9.17) is 0 Å². The average molecular weight is 367 g/mol. The van der Waals surface area contributed by atoms with Crippen LogP contribution in [0.5, 0.6) is 0 Å². The first-order valence-electron chi connectivity index (χ1n) is 8.51. The lowest BCUT2D eigenvalue weighted by Crippen LogP contribution is -2.36. The summed E-state index contributed by atoms with van der Waals surface area (Å²) in [5, 5.41) is 0.755. The van der Waals surface area contributed by atoms with Gasteiger partial charge in [0.1, 0.15) is 0 Å². The number of aromatic nitrogens is 2. The van der Waals surface area contributed by atoms with E-state index in [1.54, 1.807) is 18.0 Å². The molecule has 0 spiro atoms. The highest BCUT2D eigenvalue weighted by Crippen LogP contribution is 2.25. The SMILES string of the molecule is CCN(C(=O)C(C)Sc1nc2ccccc2c(=O)n1C)c1ccccc1. The van der Waals surface area contributed by atoms with Crippen molar-refractivity contribution in [1.29, 1.82) is 0 Å². The Bertz CT molecular complexity index is 985. The lowest BCUT2D eigenvalue weighted by atomic mass is 10.2. The highest BCUT2D eigenvalue weighted by Gasteiger charge is 2.23. The van der Waals surface area contributed by atoms with Crippen LogP contribution in [0, 0.1) is 0 Å². The van der Waals surface area contributed by atoms with Crippen LogP contribution in [0.4, 0.5) is 5.69 Å². The zero-order valence-electron chi connectivity index (χ0n) is 15.0. The van der Waals surface area contributed by atoms with Gasteiger partial charge in [0.15, 0.2) is 5.16 Å². The monoisotopic (exact) mass is 367 g/mol. The van der Waals surface area contributed by atoms with E-state index in [2.05, 4.69) is 4.98 Å². The summed E-state index contributed by atoms with van der Waals surface area (Å²) in [5.74, 6) is -0.00823. The largest absolute Gasteiger partial charge is 0.312 e. The Morgan fingerprint density at radius 1 is 1.15 bits per heavy atom. The summed E-state index contributed by atoms with van der Waals surface area (Å²) in [4.78, 5) is 31.8. The van der Waals surface area contributed by atoms with Crippen molar-refractivity contribution >= 4 is 34.3 Å². The number of hydrogen-bond acceptors (Lipinski definition) is 4. The summed E-state index contributed by atoms with van der Waals surface area (Å²) in [7, 11) is 1.69. The standard InChI is InChI=1S/C20H21N3O2S/c1-4-23(15-10-6-5-7-11-15)18(24)14(2)26-20-21-17-13-9-8-12-16(17)19(25)22(20)3/h5-14H,4H2,1-3H3. The molecule has 1 unspecified atom stereocenters. The zero-order chi connectivity index (χ0) is 18.7. The van der Waals surface area contributed by atoms with Crippen LogP contribution in [-0.4, -0.2) is 27.3 Å². The molecule has 0 aliphatic rings. The van der Waals surface area contributed by atoms with Gasteiger partial charge >= 0.3 is 0 Å². The fourth-order valence-electron chi connectivity index (χ4n) is 2.80. The summed E-state index contributed by atoms with van der Waals surface area (Å²) >= 11 is 1.31. The molecule has 5 nitrogen and oxygen atoms in total. The average Bonchev–Trinajstić information content (AvgIpc) is 2.67. The number of amides is 1. The van der Waals surface area contributed by atoms with Gasteiger partial charge in [0.25, 0.3) is 5.56 Å². The van der Waals surface area contributed by atoms with E-state index in [1.165, 1.54) is 16.3 Å². The first-order chi connectivity index (χ1) is 12.5. The van der Waals surface area contributed by atoms with Crippen LogP contribution in [-0.2, 0) is 11.8 Å². The molecule has 1 aromatic heterocycles.